The van der Waals surface area contributed by atoms with Crippen molar-refractivity contribution in [1.29, 1.82) is 0 Å². The Morgan fingerprint density at radius 3 is 2.80 bits per heavy atom. The molecule has 0 atom stereocenters. The zero-order chi connectivity index (χ0) is 14.6. The minimum Gasteiger partial charge on any atom is -0.399 e. The second-order valence-electron chi connectivity index (χ2n) is 4.63. The molecule has 0 amide bonds. The fourth-order valence-corrected chi connectivity index (χ4v) is 3.02. The second-order valence-corrected chi connectivity index (χ2v) is 6.44. The van der Waals surface area contributed by atoms with Crippen LogP contribution in [-0.4, -0.2) is 24.7 Å². The Hall–Kier alpha value is -1.86. The van der Waals surface area contributed by atoms with Gasteiger partial charge in [-0.05, 0) is 23.8 Å². The highest BCUT2D eigenvalue weighted by molar-refractivity contribution is 7.88. The molecule has 1 aromatic heterocycles. The third kappa shape index (κ3) is 4.36. The van der Waals surface area contributed by atoms with E-state index in [0.29, 0.717) is 24.2 Å². The molecule has 7 heteroatoms. The number of anilines is 1. The minimum absolute atomic E-state index is 0.0692. The van der Waals surface area contributed by atoms with Crippen LogP contribution in [0.4, 0.5) is 5.69 Å². The highest BCUT2D eigenvalue weighted by atomic mass is 32.2. The summed E-state index contributed by atoms with van der Waals surface area (Å²) in [5.41, 5.74) is 7.73. The normalized spacial score (nSPS) is 11.7. The van der Waals surface area contributed by atoms with Gasteiger partial charge in [0.05, 0.1) is 11.4 Å². The quantitative estimate of drug-likeness (QED) is 0.766. The van der Waals surface area contributed by atoms with Crippen LogP contribution < -0.4 is 10.5 Å². The third-order valence-electron chi connectivity index (χ3n) is 2.78. The average Bonchev–Trinajstić information content (AvgIpc) is 2.74. The largest absolute Gasteiger partial charge is 0.399 e. The molecule has 0 aliphatic rings. The van der Waals surface area contributed by atoms with Gasteiger partial charge < -0.3 is 5.73 Å². The summed E-state index contributed by atoms with van der Waals surface area (Å²) in [7, 11) is -1.53. The molecule has 0 spiro atoms. The smallest absolute Gasteiger partial charge is 0.215 e. The molecule has 3 N–H and O–H groups in total. The van der Waals surface area contributed by atoms with Gasteiger partial charge in [0.1, 0.15) is 0 Å². The molecule has 108 valence electrons. The highest BCUT2D eigenvalue weighted by Gasteiger charge is 2.11. The molecule has 2 aromatic rings. The monoisotopic (exact) mass is 294 g/mol. The fraction of sp³-hybridized carbons (Fsp3) is 0.308. The topological polar surface area (TPSA) is 90.0 Å². The first-order valence-corrected chi connectivity index (χ1v) is 7.90. The van der Waals surface area contributed by atoms with Crippen LogP contribution in [0.25, 0.3) is 0 Å². The van der Waals surface area contributed by atoms with Crippen LogP contribution in [-0.2, 0) is 29.2 Å². The molecule has 1 heterocycles. The number of hydrogen-bond acceptors (Lipinski definition) is 4. The molecule has 2 rings (SSSR count). The van der Waals surface area contributed by atoms with E-state index in [2.05, 4.69) is 9.82 Å². The van der Waals surface area contributed by atoms with Gasteiger partial charge in [-0.1, -0.05) is 12.1 Å². The van der Waals surface area contributed by atoms with Gasteiger partial charge >= 0.3 is 0 Å². The number of nitrogen functional groups attached to an aromatic ring is 1. The molecule has 20 heavy (non-hydrogen) atoms. The predicted molar refractivity (Wildman–Crippen MR) is 78.4 cm³/mol. The second kappa shape index (κ2) is 6.06. The van der Waals surface area contributed by atoms with Crippen LogP contribution in [0.3, 0.4) is 0 Å². The molecule has 0 saturated carbocycles. The van der Waals surface area contributed by atoms with Crippen molar-refractivity contribution in [2.75, 3.05) is 12.3 Å². The number of aromatic nitrogens is 2. The summed E-state index contributed by atoms with van der Waals surface area (Å²) >= 11 is 0. The van der Waals surface area contributed by atoms with Crippen molar-refractivity contribution in [3.63, 3.8) is 0 Å². The Bertz CT molecular complexity index is 679. The van der Waals surface area contributed by atoms with E-state index in [0.717, 1.165) is 5.69 Å². The minimum atomic E-state index is -3.35. The third-order valence-corrected chi connectivity index (χ3v) is 4.14. The molecule has 0 radical (unpaired) electrons. The van der Waals surface area contributed by atoms with Crippen LogP contribution >= 0.6 is 0 Å². The van der Waals surface area contributed by atoms with Crippen molar-refractivity contribution in [2.45, 2.75) is 12.2 Å². The summed E-state index contributed by atoms with van der Waals surface area (Å²) in [4.78, 5) is 0. The van der Waals surface area contributed by atoms with Crippen molar-refractivity contribution < 1.29 is 8.42 Å². The molecular formula is C13H18N4O2S. The Balaban J connectivity index is 1.88. The van der Waals surface area contributed by atoms with Gasteiger partial charge in [0.2, 0.25) is 10.0 Å². The van der Waals surface area contributed by atoms with Crippen molar-refractivity contribution in [1.82, 2.24) is 14.5 Å². The van der Waals surface area contributed by atoms with Gasteiger partial charge in [0.15, 0.2) is 0 Å². The van der Waals surface area contributed by atoms with Gasteiger partial charge in [-0.3, -0.25) is 4.68 Å². The number of nitrogens with two attached hydrogens (primary N) is 1. The van der Waals surface area contributed by atoms with Gasteiger partial charge in [-0.25, -0.2) is 13.1 Å². The molecule has 0 aliphatic heterocycles. The van der Waals surface area contributed by atoms with Crippen molar-refractivity contribution >= 4 is 15.7 Å². The van der Waals surface area contributed by atoms with Crippen LogP contribution in [0.1, 0.15) is 11.3 Å². The number of sulfonamides is 1. The summed E-state index contributed by atoms with van der Waals surface area (Å²) in [6.45, 7) is 0.335. The van der Waals surface area contributed by atoms with E-state index in [-0.39, 0.29) is 5.75 Å². The van der Waals surface area contributed by atoms with Crippen molar-refractivity contribution in [3.8, 4) is 0 Å². The summed E-state index contributed by atoms with van der Waals surface area (Å²) < 4.78 is 28.1. The fourth-order valence-electron chi connectivity index (χ4n) is 1.88. The van der Waals surface area contributed by atoms with Gasteiger partial charge in [-0.2, -0.15) is 5.10 Å². The molecule has 0 aliphatic carbocycles. The lowest BCUT2D eigenvalue weighted by Crippen LogP contribution is -2.27. The lowest BCUT2D eigenvalue weighted by Gasteiger charge is -2.06. The maximum Gasteiger partial charge on any atom is 0.215 e. The number of hydrogen-bond donors (Lipinski definition) is 2. The van der Waals surface area contributed by atoms with Crippen LogP contribution in [0, 0.1) is 0 Å². The SMILES string of the molecule is Cn1ccc(CCNS(=O)(=O)Cc2cccc(N)c2)n1. The first-order chi connectivity index (χ1) is 9.44. The maximum absolute atomic E-state index is 11.9. The summed E-state index contributed by atoms with van der Waals surface area (Å²) in [5, 5.41) is 4.19. The van der Waals surface area contributed by atoms with E-state index in [9.17, 15) is 8.42 Å². The lowest BCUT2D eigenvalue weighted by atomic mass is 10.2. The van der Waals surface area contributed by atoms with E-state index >= 15 is 0 Å². The van der Waals surface area contributed by atoms with Gasteiger partial charge in [0.25, 0.3) is 0 Å². The highest BCUT2D eigenvalue weighted by Crippen LogP contribution is 2.09. The Morgan fingerprint density at radius 1 is 1.35 bits per heavy atom. The van der Waals surface area contributed by atoms with Crippen LogP contribution in [0.2, 0.25) is 0 Å². The predicted octanol–water partition coefficient (Wildman–Crippen LogP) is 0.664. The van der Waals surface area contributed by atoms with Gasteiger partial charge in [-0.15, -0.1) is 0 Å². The summed E-state index contributed by atoms with van der Waals surface area (Å²) in [5.74, 6) is -0.0692. The molecule has 0 saturated heterocycles. The molecular weight excluding hydrogens is 276 g/mol. The molecule has 6 nitrogen and oxygen atoms in total. The van der Waals surface area contributed by atoms with E-state index in [1.54, 1.807) is 28.9 Å². The Morgan fingerprint density at radius 2 is 2.15 bits per heavy atom. The van der Waals surface area contributed by atoms with E-state index in [1.165, 1.54) is 0 Å². The van der Waals surface area contributed by atoms with Gasteiger partial charge in [0, 0.05) is 31.9 Å². The molecule has 0 fully saturated rings. The number of nitrogens with zero attached hydrogens (tertiary/aromatic N) is 2. The van der Waals surface area contributed by atoms with E-state index in [4.69, 9.17) is 5.73 Å². The Labute approximate surface area is 118 Å². The number of nitrogens with one attached hydrogen (secondary N) is 1. The molecule has 0 bridgehead atoms. The lowest BCUT2D eigenvalue weighted by molar-refractivity contribution is 0.580. The van der Waals surface area contributed by atoms with Crippen LogP contribution in [0.15, 0.2) is 36.5 Å². The van der Waals surface area contributed by atoms with Crippen molar-refractivity contribution in [3.05, 3.63) is 47.8 Å². The molecule has 0 unspecified atom stereocenters. The van der Waals surface area contributed by atoms with E-state index < -0.39 is 10.0 Å². The first kappa shape index (κ1) is 14.5. The Kier molecular flexibility index (Phi) is 4.41. The molecule has 1 aromatic carbocycles. The summed E-state index contributed by atoms with van der Waals surface area (Å²) in [6, 6.07) is 8.75. The number of benzene rings is 1. The number of aryl methyl sites for hydroxylation is 1. The average molecular weight is 294 g/mol. The van der Waals surface area contributed by atoms with Crippen molar-refractivity contribution in [2.24, 2.45) is 7.05 Å². The standard InChI is InChI=1S/C13H18N4O2S/c1-17-8-6-13(16-17)5-7-15-20(18,19)10-11-3-2-4-12(14)9-11/h2-4,6,8-9,15H,5,7,10,14H2,1H3. The first-order valence-electron chi connectivity index (χ1n) is 6.25. The number of rotatable bonds is 6. The van der Waals surface area contributed by atoms with E-state index in [1.807, 2.05) is 19.3 Å². The zero-order valence-corrected chi connectivity index (χ0v) is 12.1. The maximum atomic E-state index is 11.9. The van der Waals surface area contributed by atoms with Crippen LogP contribution in [0.5, 0.6) is 0 Å². The summed E-state index contributed by atoms with van der Waals surface area (Å²) in [6.07, 6.45) is 2.40. The zero-order valence-electron chi connectivity index (χ0n) is 11.3.